The van der Waals surface area contributed by atoms with Crippen LogP contribution in [0.4, 0.5) is 4.79 Å². The summed E-state index contributed by atoms with van der Waals surface area (Å²) in [7, 11) is 1.31. The van der Waals surface area contributed by atoms with Gasteiger partial charge in [-0.15, -0.1) is 0 Å². The second kappa shape index (κ2) is 8.22. The van der Waals surface area contributed by atoms with Gasteiger partial charge in [0.15, 0.2) is 5.78 Å². The molecule has 0 fully saturated rings. The van der Waals surface area contributed by atoms with Gasteiger partial charge in [0.2, 0.25) is 0 Å². The fraction of sp³-hybridized carbons (Fsp3) is 0.429. The van der Waals surface area contributed by atoms with E-state index in [0.717, 1.165) is 5.56 Å². The Morgan fingerprint density at radius 1 is 1.29 bits per heavy atom. The maximum atomic E-state index is 12.2. The number of hydrogen-bond acceptors (Lipinski definition) is 3. The highest BCUT2D eigenvalue weighted by Crippen LogP contribution is 2.22. The van der Waals surface area contributed by atoms with Crippen LogP contribution in [0.2, 0.25) is 10.0 Å². The van der Waals surface area contributed by atoms with Crippen LogP contribution in [0.1, 0.15) is 19.4 Å². The van der Waals surface area contributed by atoms with E-state index in [1.54, 1.807) is 32.0 Å². The monoisotopic (exact) mass is 332 g/mol. The van der Waals surface area contributed by atoms with Gasteiger partial charge < -0.3 is 5.32 Å². The summed E-state index contributed by atoms with van der Waals surface area (Å²) in [4.78, 5) is 28.3. The van der Waals surface area contributed by atoms with E-state index in [2.05, 4.69) is 15.6 Å². The molecular weight excluding hydrogens is 315 g/mol. The number of carbonyl (C=O) groups is 2. The van der Waals surface area contributed by atoms with Crippen LogP contribution in [0.5, 0.6) is 0 Å². The minimum atomic E-state index is -0.696. The van der Waals surface area contributed by atoms with Gasteiger partial charge in [-0.3, -0.25) is 9.63 Å². The molecule has 1 atom stereocenters. The molecular formula is C14H18Cl2N2O3. The molecule has 116 valence electrons. The van der Waals surface area contributed by atoms with E-state index in [1.807, 2.05) is 0 Å². The van der Waals surface area contributed by atoms with E-state index in [-0.39, 0.29) is 18.1 Å². The summed E-state index contributed by atoms with van der Waals surface area (Å²) in [5.41, 5.74) is 2.86. The zero-order valence-electron chi connectivity index (χ0n) is 12.1. The Kier molecular flexibility index (Phi) is 6.95. The van der Waals surface area contributed by atoms with Gasteiger partial charge in [0, 0.05) is 22.4 Å². The first kappa shape index (κ1) is 17.8. The second-order valence-electron chi connectivity index (χ2n) is 4.83. The van der Waals surface area contributed by atoms with E-state index < -0.39 is 12.1 Å². The summed E-state index contributed by atoms with van der Waals surface area (Å²) in [5, 5.41) is 3.54. The summed E-state index contributed by atoms with van der Waals surface area (Å²) in [5.74, 6) is -0.309. The predicted molar refractivity (Wildman–Crippen MR) is 82.5 cm³/mol. The summed E-state index contributed by atoms with van der Waals surface area (Å²) in [6.45, 7) is 3.55. The Bertz CT molecular complexity index is 521. The number of carbonyl (C=O) groups excluding carboxylic acids is 2. The average molecular weight is 333 g/mol. The minimum absolute atomic E-state index is 0.0905. The molecule has 0 aliphatic carbocycles. The molecule has 1 rings (SSSR count). The molecule has 0 bridgehead atoms. The Morgan fingerprint density at radius 2 is 1.95 bits per heavy atom. The topological polar surface area (TPSA) is 67.4 Å². The molecule has 0 aliphatic rings. The lowest BCUT2D eigenvalue weighted by atomic mass is 9.96. The number of amides is 2. The lowest BCUT2D eigenvalue weighted by Gasteiger charge is -2.20. The normalized spacial score (nSPS) is 12.1. The van der Waals surface area contributed by atoms with Crippen molar-refractivity contribution in [3.63, 3.8) is 0 Å². The lowest BCUT2D eigenvalue weighted by molar-refractivity contribution is -0.123. The highest BCUT2D eigenvalue weighted by molar-refractivity contribution is 6.35. The van der Waals surface area contributed by atoms with Crippen LogP contribution < -0.4 is 10.8 Å². The largest absolute Gasteiger partial charge is 0.339 e. The summed E-state index contributed by atoms with van der Waals surface area (Å²) < 4.78 is 0. The number of benzene rings is 1. The number of nitrogens with one attached hydrogen (secondary N) is 2. The van der Waals surface area contributed by atoms with Crippen molar-refractivity contribution in [1.29, 1.82) is 0 Å². The van der Waals surface area contributed by atoms with E-state index in [4.69, 9.17) is 23.2 Å². The molecule has 0 heterocycles. The van der Waals surface area contributed by atoms with Crippen LogP contribution >= 0.6 is 23.2 Å². The Hall–Kier alpha value is -1.30. The van der Waals surface area contributed by atoms with Crippen molar-refractivity contribution >= 4 is 35.0 Å². The smallest absolute Gasteiger partial charge is 0.326 e. The van der Waals surface area contributed by atoms with Crippen molar-refractivity contribution in [3.8, 4) is 0 Å². The SMILES string of the molecule is CONC(=O)N[C@H](Cc1ccc(Cl)cc1Cl)C(=O)C(C)C. The average Bonchev–Trinajstić information content (AvgIpc) is 2.40. The first-order chi connectivity index (χ1) is 9.85. The number of hydrogen-bond donors (Lipinski definition) is 2. The maximum Gasteiger partial charge on any atom is 0.339 e. The molecule has 21 heavy (non-hydrogen) atoms. The van der Waals surface area contributed by atoms with E-state index in [9.17, 15) is 9.59 Å². The van der Waals surface area contributed by atoms with Crippen LogP contribution in [0, 0.1) is 5.92 Å². The lowest BCUT2D eigenvalue weighted by Crippen LogP contribution is -2.48. The summed E-state index contributed by atoms with van der Waals surface area (Å²) >= 11 is 12.0. The molecule has 0 aliphatic heterocycles. The van der Waals surface area contributed by atoms with Gasteiger partial charge in [0.1, 0.15) is 0 Å². The maximum absolute atomic E-state index is 12.2. The number of ketones is 1. The molecule has 0 unspecified atom stereocenters. The van der Waals surface area contributed by atoms with Crippen molar-refractivity contribution in [2.24, 2.45) is 5.92 Å². The van der Waals surface area contributed by atoms with E-state index in [0.29, 0.717) is 10.0 Å². The van der Waals surface area contributed by atoms with Gasteiger partial charge in [-0.25, -0.2) is 10.3 Å². The van der Waals surface area contributed by atoms with Crippen LogP contribution in [0.3, 0.4) is 0 Å². The second-order valence-corrected chi connectivity index (χ2v) is 5.67. The number of urea groups is 1. The van der Waals surface area contributed by atoms with Gasteiger partial charge >= 0.3 is 6.03 Å². The zero-order valence-corrected chi connectivity index (χ0v) is 13.6. The number of hydroxylamine groups is 1. The number of halogens is 2. The molecule has 1 aromatic carbocycles. The highest BCUT2D eigenvalue weighted by Gasteiger charge is 2.24. The molecule has 7 heteroatoms. The molecule has 0 saturated heterocycles. The van der Waals surface area contributed by atoms with Crippen molar-refractivity contribution in [1.82, 2.24) is 10.8 Å². The fourth-order valence-electron chi connectivity index (χ4n) is 1.81. The standard InChI is InChI=1S/C14H18Cl2N2O3/c1-8(2)13(19)12(17-14(20)18-21-3)6-9-4-5-10(15)7-11(9)16/h4-5,7-8,12H,6H2,1-3H3,(H2,17,18,20)/t12-/m1/s1. The third-order valence-electron chi connectivity index (χ3n) is 2.85. The third-order valence-corrected chi connectivity index (χ3v) is 3.44. The minimum Gasteiger partial charge on any atom is -0.326 e. The van der Waals surface area contributed by atoms with Crippen molar-refractivity contribution < 1.29 is 14.4 Å². The Balaban J connectivity index is 2.90. The van der Waals surface area contributed by atoms with Gasteiger partial charge in [-0.1, -0.05) is 43.1 Å². The molecule has 2 amide bonds. The van der Waals surface area contributed by atoms with Crippen molar-refractivity contribution in [2.75, 3.05) is 7.11 Å². The zero-order chi connectivity index (χ0) is 16.0. The van der Waals surface area contributed by atoms with Gasteiger partial charge in [0.25, 0.3) is 0 Å². The fourth-order valence-corrected chi connectivity index (χ4v) is 2.30. The Morgan fingerprint density at radius 3 is 2.48 bits per heavy atom. The van der Waals surface area contributed by atoms with Gasteiger partial charge in [-0.2, -0.15) is 0 Å². The Labute approximate surface area is 133 Å². The van der Waals surface area contributed by atoms with Crippen LogP contribution in [0.15, 0.2) is 18.2 Å². The van der Waals surface area contributed by atoms with E-state index in [1.165, 1.54) is 7.11 Å². The van der Waals surface area contributed by atoms with Gasteiger partial charge in [-0.05, 0) is 17.7 Å². The van der Waals surface area contributed by atoms with Crippen LogP contribution in [-0.2, 0) is 16.1 Å². The molecule has 0 aromatic heterocycles. The van der Waals surface area contributed by atoms with E-state index >= 15 is 0 Å². The van der Waals surface area contributed by atoms with Crippen LogP contribution in [0.25, 0.3) is 0 Å². The van der Waals surface area contributed by atoms with Crippen molar-refractivity contribution in [3.05, 3.63) is 33.8 Å². The number of Topliss-reactive ketones (excluding diaryl/α,β-unsaturated/α-hetero) is 1. The molecule has 0 radical (unpaired) electrons. The predicted octanol–water partition coefficient (Wildman–Crippen LogP) is 2.99. The summed E-state index contributed by atoms with van der Waals surface area (Å²) in [6, 6.07) is 3.75. The first-order valence-electron chi connectivity index (χ1n) is 6.42. The third kappa shape index (κ3) is 5.53. The van der Waals surface area contributed by atoms with Crippen LogP contribution in [-0.4, -0.2) is 25.0 Å². The highest BCUT2D eigenvalue weighted by atomic mass is 35.5. The molecule has 5 nitrogen and oxygen atoms in total. The quantitative estimate of drug-likeness (QED) is 0.787. The van der Waals surface area contributed by atoms with Gasteiger partial charge in [0.05, 0.1) is 13.2 Å². The molecule has 0 spiro atoms. The molecule has 1 aromatic rings. The summed E-state index contributed by atoms with van der Waals surface area (Å²) in [6.07, 6.45) is 0.282. The molecule has 0 saturated carbocycles. The first-order valence-corrected chi connectivity index (χ1v) is 7.18. The molecule has 2 N–H and O–H groups in total. The number of rotatable bonds is 6. The van der Waals surface area contributed by atoms with Crippen molar-refractivity contribution in [2.45, 2.75) is 26.3 Å².